The molecule has 1 atom stereocenters. The smallest absolute Gasteiger partial charge is 0.301 e. The molecule has 0 saturated carbocycles. The summed E-state index contributed by atoms with van der Waals surface area (Å²) < 4.78 is 0.717. The molecule has 0 spiro atoms. The SMILES string of the molecule is O=C1C(=O)N(c2cc(Br)ccn2)C(c2ccccc2)C1=C(O)c1ccc(Cl)cc1. The van der Waals surface area contributed by atoms with E-state index in [1.54, 1.807) is 54.7 Å². The standard InChI is InChI=1S/C22H14BrClN2O3/c23-15-10-11-25-17(12-15)26-19(13-4-2-1-3-5-13)18(21(28)22(26)29)20(27)14-6-8-16(24)9-7-14/h1-12,19,27H. The van der Waals surface area contributed by atoms with Crippen LogP contribution in [0, 0.1) is 0 Å². The van der Waals surface area contributed by atoms with E-state index in [1.165, 1.54) is 4.90 Å². The maximum absolute atomic E-state index is 13.0. The molecule has 1 fully saturated rings. The molecule has 1 N–H and O–H groups in total. The molecule has 144 valence electrons. The molecule has 29 heavy (non-hydrogen) atoms. The molecule has 3 aromatic rings. The van der Waals surface area contributed by atoms with E-state index in [2.05, 4.69) is 20.9 Å². The Hall–Kier alpha value is -2.96. The summed E-state index contributed by atoms with van der Waals surface area (Å²) in [4.78, 5) is 31.5. The highest BCUT2D eigenvalue weighted by atomic mass is 79.9. The molecule has 2 heterocycles. The zero-order valence-corrected chi connectivity index (χ0v) is 17.3. The fraction of sp³-hybridized carbons (Fsp3) is 0.0455. The van der Waals surface area contributed by atoms with Crippen LogP contribution in [0.2, 0.25) is 5.02 Å². The number of aliphatic hydroxyl groups is 1. The normalized spacial score (nSPS) is 18.3. The van der Waals surface area contributed by atoms with Crippen LogP contribution in [0.25, 0.3) is 5.76 Å². The number of carbonyl (C=O) groups is 2. The molecule has 0 aliphatic carbocycles. The number of nitrogens with zero attached hydrogens (tertiary/aromatic N) is 2. The van der Waals surface area contributed by atoms with Gasteiger partial charge in [0.15, 0.2) is 0 Å². The molecule has 1 aliphatic rings. The summed E-state index contributed by atoms with van der Waals surface area (Å²) in [6, 6.07) is 18.1. The molecule has 1 amide bonds. The van der Waals surface area contributed by atoms with Crippen molar-refractivity contribution < 1.29 is 14.7 Å². The maximum atomic E-state index is 13.0. The number of halogens is 2. The highest BCUT2D eigenvalue weighted by Gasteiger charge is 2.47. The Bertz CT molecular complexity index is 1130. The van der Waals surface area contributed by atoms with E-state index in [4.69, 9.17) is 11.6 Å². The van der Waals surface area contributed by atoms with Gasteiger partial charge in [0.1, 0.15) is 11.6 Å². The Kier molecular flexibility index (Phi) is 5.22. The number of aliphatic hydroxyl groups excluding tert-OH is 1. The van der Waals surface area contributed by atoms with Gasteiger partial charge in [0, 0.05) is 21.3 Å². The van der Waals surface area contributed by atoms with E-state index >= 15 is 0 Å². The molecule has 7 heteroatoms. The first kappa shape index (κ1) is 19.4. The number of amides is 1. The predicted octanol–water partition coefficient (Wildman–Crippen LogP) is 5.12. The minimum absolute atomic E-state index is 0.00491. The third-order valence-electron chi connectivity index (χ3n) is 4.63. The van der Waals surface area contributed by atoms with Gasteiger partial charge in [0.2, 0.25) is 0 Å². The second-order valence-corrected chi connectivity index (χ2v) is 7.77. The van der Waals surface area contributed by atoms with E-state index < -0.39 is 17.7 Å². The van der Waals surface area contributed by atoms with E-state index in [9.17, 15) is 14.7 Å². The molecule has 0 bridgehead atoms. The van der Waals surface area contributed by atoms with Crippen molar-refractivity contribution in [3.05, 3.63) is 99.1 Å². The van der Waals surface area contributed by atoms with Gasteiger partial charge in [0.05, 0.1) is 11.6 Å². The third-order valence-corrected chi connectivity index (χ3v) is 5.38. The van der Waals surface area contributed by atoms with Crippen molar-refractivity contribution in [2.24, 2.45) is 0 Å². The average molecular weight is 470 g/mol. The van der Waals surface area contributed by atoms with Gasteiger partial charge >= 0.3 is 5.91 Å². The molecule has 1 aliphatic heterocycles. The van der Waals surface area contributed by atoms with Gasteiger partial charge < -0.3 is 5.11 Å². The van der Waals surface area contributed by atoms with Crippen molar-refractivity contribution in [2.75, 3.05) is 4.90 Å². The van der Waals surface area contributed by atoms with Gasteiger partial charge in [-0.15, -0.1) is 0 Å². The van der Waals surface area contributed by atoms with Crippen LogP contribution < -0.4 is 4.90 Å². The average Bonchev–Trinajstić information content (AvgIpc) is 2.99. The summed E-state index contributed by atoms with van der Waals surface area (Å²) in [6.07, 6.45) is 1.54. The van der Waals surface area contributed by atoms with Gasteiger partial charge in [-0.2, -0.15) is 0 Å². The van der Waals surface area contributed by atoms with Crippen LogP contribution in [0.15, 0.2) is 83.0 Å². The summed E-state index contributed by atoms with van der Waals surface area (Å²) in [5.41, 5.74) is 1.09. The van der Waals surface area contributed by atoms with E-state index in [0.717, 1.165) is 0 Å². The summed E-state index contributed by atoms with van der Waals surface area (Å²) >= 11 is 9.30. The number of rotatable bonds is 3. The minimum Gasteiger partial charge on any atom is -0.507 e. The number of carbonyl (C=O) groups excluding carboxylic acids is 2. The fourth-order valence-corrected chi connectivity index (χ4v) is 3.76. The summed E-state index contributed by atoms with van der Waals surface area (Å²) in [7, 11) is 0. The Balaban J connectivity index is 1.94. The van der Waals surface area contributed by atoms with Crippen molar-refractivity contribution in [1.29, 1.82) is 0 Å². The molecular formula is C22H14BrClN2O3. The number of aromatic nitrogens is 1. The summed E-state index contributed by atoms with van der Waals surface area (Å²) in [5, 5.41) is 11.5. The first-order chi connectivity index (χ1) is 14.0. The number of pyridine rings is 1. The Morgan fingerprint density at radius 1 is 1.03 bits per heavy atom. The van der Waals surface area contributed by atoms with Crippen LogP contribution in [0.4, 0.5) is 5.82 Å². The zero-order valence-electron chi connectivity index (χ0n) is 14.9. The predicted molar refractivity (Wildman–Crippen MR) is 115 cm³/mol. The monoisotopic (exact) mass is 468 g/mol. The number of Topliss-reactive ketones (excluding diaryl/α,β-unsaturated/α-hetero) is 1. The van der Waals surface area contributed by atoms with Crippen LogP contribution in [0.1, 0.15) is 17.2 Å². The molecule has 1 unspecified atom stereocenters. The Morgan fingerprint density at radius 3 is 2.38 bits per heavy atom. The summed E-state index contributed by atoms with van der Waals surface area (Å²) in [6.45, 7) is 0. The van der Waals surface area contributed by atoms with Crippen molar-refractivity contribution in [3.63, 3.8) is 0 Å². The lowest BCUT2D eigenvalue weighted by molar-refractivity contribution is -0.132. The van der Waals surface area contributed by atoms with Gasteiger partial charge in [-0.1, -0.05) is 57.9 Å². The van der Waals surface area contributed by atoms with Gasteiger partial charge in [-0.3, -0.25) is 14.5 Å². The number of hydrogen-bond donors (Lipinski definition) is 1. The van der Waals surface area contributed by atoms with Gasteiger partial charge in [-0.25, -0.2) is 4.98 Å². The van der Waals surface area contributed by atoms with Crippen molar-refractivity contribution in [3.8, 4) is 0 Å². The third kappa shape index (κ3) is 3.57. The van der Waals surface area contributed by atoms with Crippen LogP contribution >= 0.6 is 27.5 Å². The van der Waals surface area contributed by atoms with Crippen molar-refractivity contribution in [2.45, 2.75) is 6.04 Å². The summed E-state index contributed by atoms with van der Waals surface area (Å²) in [5.74, 6) is -1.47. The lowest BCUT2D eigenvalue weighted by Gasteiger charge is -2.24. The quantitative estimate of drug-likeness (QED) is 0.328. The number of ketones is 1. The van der Waals surface area contributed by atoms with Crippen LogP contribution in [0.5, 0.6) is 0 Å². The minimum atomic E-state index is -0.811. The second-order valence-electron chi connectivity index (χ2n) is 6.42. The topological polar surface area (TPSA) is 70.5 Å². The maximum Gasteiger partial charge on any atom is 0.301 e. The van der Waals surface area contributed by atoms with Gasteiger partial charge in [0.25, 0.3) is 5.78 Å². The number of anilines is 1. The van der Waals surface area contributed by atoms with E-state index in [0.29, 0.717) is 26.4 Å². The molecule has 4 rings (SSSR count). The first-order valence-electron chi connectivity index (χ1n) is 8.71. The molecule has 1 saturated heterocycles. The van der Waals surface area contributed by atoms with Crippen molar-refractivity contribution in [1.82, 2.24) is 4.98 Å². The molecular weight excluding hydrogens is 456 g/mol. The lowest BCUT2D eigenvalue weighted by Crippen LogP contribution is -2.30. The fourth-order valence-electron chi connectivity index (χ4n) is 3.31. The largest absolute Gasteiger partial charge is 0.507 e. The molecule has 2 aromatic carbocycles. The van der Waals surface area contributed by atoms with E-state index in [-0.39, 0.29) is 11.3 Å². The van der Waals surface area contributed by atoms with Crippen molar-refractivity contribution >= 4 is 50.8 Å². The molecule has 0 radical (unpaired) electrons. The van der Waals surface area contributed by atoms with Crippen LogP contribution in [-0.4, -0.2) is 21.8 Å². The van der Waals surface area contributed by atoms with Crippen LogP contribution in [0.3, 0.4) is 0 Å². The van der Waals surface area contributed by atoms with Gasteiger partial charge in [-0.05, 0) is 42.0 Å². The second kappa shape index (κ2) is 7.81. The first-order valence-corrected chi connectivity index (χ1v) is 9.88. The highest BCUT2D eigenvalue weighted by Crippen LogP contribution is 2.41. The Morgan fingerprint density at radius 2 is 1.72 bits per heavy atom. The lowest BCUT2D eigenvalue weighted by atomic mass is 9.95. The number of hydrogen-bond acceptors (Lipinski definition) is 4. The van der Waals surface area contributed by atoms with Crippen LogP contribution in [-0.2, 0) is 9.59 Å². The molecule has 1 aromatic heterocycles. The molecule has 5 nitrogen and oxygen atoms in total. The zero-order chi connectivity index (χ0) is 20.5. The Labute approximate surface area is 180 Å². The van der Waals surface area contributed by atoms with E-state index in [1.807, 2.05) is 18.2 Å². The number of benzene rings is 2. The highest BCUT2D eigenvalue weighted by molar-refractivity contribution is 9.10.